The molecule has 1 aromatic carbocycles. The molecule has 4 unspecified atom stereocenters. The maximum absolute atomic E-state index is 12.8. The molecule has 1 aromatic rings. The predicted molar refractivity (Wildman–Crippen MR) is 86.8 cm³/mol. The van der Waals surface area contributed by atoms with Crippen molar-refractivity contribution >= 4 is 34.0 Å². The smallest absolute Gasteiger partial charge is 0.0604 e. The standard InChI is InChI=1S/C15H21Cl2NOS/c1-9(2)10-3-6-14(18)15(7-10)20(19)11-4-5-12(16)13(17)8-11/h4-5,8-10,14-15H,3,6-7,18H2,1-2H3. The summed E-state index contributed by atoms with van der Waals surface area (Å²) >= 11 is 11.9. The maximum atomic E-state index is 12.8. The number of benzene rings is 1. The van der Waals surface area contributed by atoms with Crippen LogP contribution in [0.2, 0.25) is 10.0 Å². The van der Waals surface area contributed by atoms with Gasteiger partial charge < -0.3 is 5.73 Å². The van der Waals surface area contributed by atoms with Crippen molar-refractivity contribution in [2.24, 2.45) is 17.6 Å². The number of nitrogens with two attached hydrogens (primary N) is 1. The monoisotopic (exact) mass is 333 g/mol. The molecule has 1 fully saturated rings. The average molecular weight is 334 g/mol. The SMILES string of the molecule is CC(C)C1CCC(N)C(S(=O)c2ccc(Cl)c(Cl)c2)C1. The van der Waals surface area contributed by atoms with Crippen LogP contribution in [0.4, 0.5) is 0 Å². The lowest BCUT2D eigenvalue weighted by atomic mass is 9.79. The third-order valence-corrected chi connectivity index (χ3v) is 6.77. The maximum Gasteiger partial charge on any atom is 0.0604 e. The molecule has 0 amide bonds. The molecule has 1 saturated carbocycles. The Morgan fingerprint density at radius 3 is 2.55 bits per heavy atom. The van der Waals surface area contributed by atoms with Crippen LogP contribution in [0.15, 0.2) is 23.1 Å². The minimum Gasteiger partial charge on any atom is -0.327 e. The van der Waals surface area contributed by atoms with Gasteiger partial charge in [-0.3, -0.25) is 4.21 Å². The molecule has 4 atom stereocenters. The molecule has 0 saturated heterocycles. The van der Waals surface area contributed by atoms with Gasteiger partial charge in [0, 0.05) is 10.9 Å². The molecule has 2 N–H and O–H groups in total. The second-order valence-corrected chi connectivity index (χ2v) is 8.38. The van der Waals surface area contributed by atoms with Gasteiger partial charge in [-0.25, -0.2) is 0 Å². The van der Waals surface area contributed by atoms with Crippen LogP contribution in [-0.2, 0) is 10.8 Å². The first kappa shape index (κ1) is 16.3. The summed E-state index contributed by atoms with van der Waals surface area (Å²) in [4.78, 5) is 0.726. The Balaban J connectivity index is 2.19. The van der Waals surface area contributed by atoms with Crippen molar-refractivity contribution in [1.82, 2.24) is 0 Å². The molecule has 0 heterocycles. The van der Waals surface area contributed by atoms with Crippen molar-refractivity contribution in [2.45, 2.75) is 49.3 Å². The van der Waals surface area contributed by atoms with Gasteiger partial charge in [-0.1, -0.05) is 37.0 Å². The highest BCUT2D eigenvalue weighted by Crippen LogP contribution is 2.34. The van der Waals surface area contributed by atoms with E-state index in [0.717, 1.165) is 24.2 Å². The van der Waals surface area contributed by atoms with E-state index < -0.39 is 10.8 Å². The molecule has 5 heteroatoms. The van der Waals surface area contributed by atoms with Crippen LogP contribution in [0.5, 0.6) is 0 Å². The van der Waals surface area contributed by atoms with Gasteiger partial charge in [0.25, 0.3) is 0 Å². The molecule has 0 aromatic heterocycles. The van der Waals surface area contributed by atoms with Gasteiger partial charge in [0.1, 0.15) is 0 Å². The molecule has 0 bridgehead atoms. The Bertz CT molecular complexity index is 507. The summed E-state index contributed by atoms with van der Waals surface area (Å²) in [5.74, 6) is 1.21. The molecule has 1 aliphatic rings. The summed E-state index contributed by atoms with van der Waals surface area (Å²) < 4.78 is 12.8. The lowest BCUT2D eigenvalue weighted by Gasteiger charge is -2.35. The van der Waals surface area contributed by atoms with E-state index in [0.29, 0.717) is 21.9 Å². The topological polar surface area (TPSA) is 43.1 Å². The van der Waals surface area contributed by atoms with Crippen LogP contribution < -0.4 is 5.73 Å². The van der Waals surface area contributed by atoms with E-state index in [9.17, 15) is 4.21 Å². The van der Waals surface area contributed by atoms with Gasteiger partial charge >= 0.3 is 0 Å². The molecular weight excluding hydrogens is 313 g/mol. The minimum atomic E-state index is -1.12. The Morgan fingerprint density at radius 1 is 1.25 bits per heavy atom. The van der Waals surface area contributed by atoms with Gasteiger partial charge in [0.15, 0.2) is 0 Å². The van der Waals surface area contributed by atoms with Gasteiger partial charge in [-0.15, -0.1) is 0 Å². The highest BCUT2D eigenvalue weighted by molar-refractivity contribution is 7.85. The van der Waals surface area contributed by atoms with E-state index in [2.05, 4.69) is 13.8 Å². The first-order chi connectivity index (χ1) is 9.40. The van der Waals surface area contributed by atoms with Crippen molar-refractivity contribution in [1.29, 1.82) is 0 Å². The van der Waals surface area contributed by atoms with E-state index in [-0.39, 0.29) is 11.3 Å². The van der Waals surface area contributed by atoms with E-state index in [1.165, 1.54) is 0 Å². The predicted octanol–water partition coefficient (Wildman–Crippen LogP) is 4.25. The van der Waals surface area contributed by atoms with Crippen molar-refractivity contribution < 1.29 is 4.21 Å². The summed E-state index contributed by atoms with van der Waals surface area (Å²) in [7, 11) is -1.12. The average Bonchev–Trinajstić information content (AvgIpc) is 2.41. The summed E-state index contributed by atoms with van der Waals surface area (Å²) in [6.45, 7) is 4.45. The highest BCUT2D eigenvalue weighted by atomic mass is 35.5. The van der Waals surface area contributed by atoms with E-state index in [1.807, 2.05) is 0 Å². The van der Waals surface area contributed by atoms with E-state index in [4.69, 9.17) is 28.9 Å². The molecule has 112 valence electrons. The molecule has 0 spiro atoms. The minimum absolute atomic E-state index is 0.000266. The molecule has 2 nitrogen and oxygen atoms in total. The molecule has 2 rings (SSSR count). The summed E-state index contributed by atoms with van der Waals surface area (Å²) in [6, 6.07) is 5.19. The van der Waals surface area contributed by atoms with Crippen LogP contribution in [0.3, 0.4) is 0 Å². The number of hydrogen-bond donors (Lipinski definition) is 1. The fraction of sp³-hybridized carbons (Fsp3) is 0.600. The van der Waals surface area contributed by atoms with Crippen LogP contribution in [0.25, 0.3) is 0 Å². The molecule has 0 radical (unpaired) electrons. The third-order valence-electron chi connectivity index (χ3n) is 4.22. The van der Waals surface area contributed by atoms with Crippen LogP contribution >= 0.6 is 23.2 Å². The number of halogens is 2. The Hall–Kier alpha value is -0.0900. The normalized spacial score (nSPS) is 28.6. The molecule has 1 aliphatic carbocycles. The second kappa shape index (κ2) is 6.78. The number of rotatable bonds is 3. The first-order valence-corrected chi connectivity index (χ1v) is 8.98. The van der Waals surface area contributed by atoms with E-state index >= 15 is 0 Å². The van der Waals surface area contributed by atoms with Crippen LogP contribution in [0, 0.1) is 11.8 Å². The van der Waals surface area contributed by atoms with Crippen LogP contribution in [-0.4, -0.2) is 15.5 Å². The lowest BCUT2D eigenvalue weighted by molar-refractivity contribution is 0.264. The zero-order valence-electron chi connectivity index (χ0n) is 11.8. The molecule has 0 aliphatic heterocycles. The highest BCUT2D eigenvalue weighted by Gasteiger charge is 2.34. The van der Waals surface area contributed by atoms with Crippen molar-refractivity contribution in [3.8, 4) is 0 Å². The summed E-state index contributed by atoms with van der Waals surface area (Å²) in [5, 5.41) is 0.941. The molecule has 20 heavy (non-hydrogen) atoms. The first-order valence-electron chi connectivity index (χ1n) is 7.01. The van der Waals surface area contributed by atoms with Gasteiger partial charge in [0.2, 0.25) is 0 Å². The van der Waals surface area contributed by atoms with Crippen molar-refractivity contribution in [3.05, 3.63) is 28.2 Å². The Labute approximate surface area is 133 Å². The van der Waals surface area contributed by atoms with Crippen molar-refractivity contribution in [2.75, 3.05) is 0 Å². The Kier molecular flexibility index (Phi) is 5.52. The second-order valence-electron chi connectivity index (χ2n) is 5.89. The zero-order valence-corrected chi connectivity index (χ0v) is 14.1. The van der Waals surface area contributed by atoms with Crippen molar-refractivity contribution in [3.63, 3.8) is 0 Å². The molecular formula is C15H21Cl2NOS. The van der Waals surface area contributed by atoms with Crippen LogP contribution in [0.1, 0.15) is 33.1 Å². The summed E-state index contributed by atoms with van der Waals surface area (Å²) in [6.07, 6.45) is 3.00. The zero-order chi connectivity index (χ0) is 14.9. The largest absolute Gasteiger partial charge is 0.327 e. The third kappa shape index (κ3) is 3.56. The lowest BCUT2D eigenvalue weighted by Crippen LogP contribution is -2.43. The Morgan fingerprint density at radius 2 is 1.95 bits per heavy atom. The van der Waals surface area contributed by atoms with Gasteiger partial charge in [-0.2, -0.15) is 0 Å². The van der Waals surface area contributed by atoms with Gasteiger partial charge in [0.05, 0.1) is 26.1 Å². The number of hydrogen-bond acceptors (Lipinski definition) is 2. The quantitative estimate of drug-likeness (QED) is 0.898. The summed E-state index contributed by atoms with van der Waals surface area (Å²) in [5.41, 5.74) is 6.20. The van der Waals surface area contributed by atoms with Gasteiger partial charge in [-0.05, 0) is 49.3 Å². The fourth-order valence-electron chi connectivity index (χ4n) is 2.81. The fourth-order valence-corrected chi connectivity index (χ4v) is 4.84. The van der Waals surface area contributed by atoms with E-state index in [1.54, 1.807) is 18.2 Å².